The topological polar surface area (TPSA) is 71.2 Å². The number of aliphatic hydroxyl groups is 2. The first-order valence-corrected chi connectivity index (χ1v) is 8.09. The summed E-state index contributed by atoms with van der Waals surface area (Å²) in [7, 11) is 0. The van der Waals surface area contributed by atoms with Crippen LogP contribution in [-0.4, -0.2) is 37.9 Å². The summed E-state index contributed by atoms with van der Waals surface area (Å²) in [6.07, 6.45) is 12.4. The largest absolute Gasteiger partial charge is 0.394 e. The van der Waals surface area contributed by atoms with Crippen LogP contribution < -0.4 is 0 Å². The first-order valence-electron chi connectivity index (χ1n) is 8.09. The van der Waals surface area contributed by atoms with Crippen molar-refractivity contribution >= 4 is 0 Å². The molecule has 0 radical (unpaired) electrons. The quantitative estimate of drug-likeness (QED) is 0.486. The van der Waals surface area contributed by atoms with Crippen LogP contribution in [0.1, 0.15) is 64.1 Å². The van der Waals surface area contributed by atoms with Gasteiger partial charge in [0.15, 0.2) is 0 Å². The van der Waals surface area contributed by atoms with Crippen molar-refractivity contribution in [3.05, 3.63) is 24.0 Å². The molecule has 21 heavy (non-hydrogen) atoms. The van der Waals surface area contributed by atoms with Crippen molar-refractivity contribution < 1.29 is 10.2 Å². The first-order chi connectivity index (χ1) is 10.2. The molecule has 0 saturated carbocycles. The van der Waals surface area contributed by atoms with Gasteiger partial charge in [0.2, 0.25) is 0 Å². The minimum absolute atomic E-state index is 0.156. The maximum Gasteiger partial charge on any atom is 0.106 e. The molecular formula is C16H29N3O2. The van der Waals surface area contributed by atoms with Gasteiger partial charge in [0.25, 0.3) is 0 Å². The zero-order valence-electron chi connectivity index (χ0n) is 13.3. The Balaban J connectivity index is 2.54. The van der Waals surface area contributed by atoms with E-state index in [4.69, 9.17) is 0 Å². The third-order valence-electron chi connectivity index (χ3n) is 3.55. The van der Waals surface area contributed by atoms with Crippen LogP contribution in [0.3, 0.4) is 0 Å². The minimum atomic E-state index is -0.740. The lowest BCUT2D eigenvalue weighted by atomic mass is 10.1. The van der Waals surface area contributed by atoms with Crippen LogP contribution in [0.5, 0.6) is 0 Å². The van der Waals surface area contributed by atoms with Crippen LogP contribution in [0.4, 0.5) is 0 Å². The molecule has 0 unspecified atom stereocenters. The molecule has 0 bridgehead atoms. The summed E-state index contributed by atoms with van der Waals surface area (Å²) in [6.45, 7) is 4.12. The monoisotopic (exact) mass is 295 g/mol. The molecule has 0 saturated heterocycles. The molecule has 0 aliphatic rings. The van der Waals surface area contributed by atoms with Gasteiger partial charge in [-0.1, -0.05) is 56.9 Å². The number of rotatable bonds is 11. The highest BCUT2D eigenvalue weighted by Crippen LogP contribution is 2.13. The molecule has 120 valence electrons. The Morgan fingerprint density at radius 1 is 1.24 bits per heavy atom. The predicted molar refractivity (Wildman–Crippen MR) is 84.0 cm³/mol. The Bertz CT molecular complexity index is 404. The number of hydrogen-bond acceptors (Lipinski definition) is 4. The van der Waals surface area contributed by atoms with E-state index < -0.39 is 12.1 Å². The summed E-state index contributed by atoms with van der Waals surface area (Å²) in [5.41, 5.74) is 0.925. The summed E-state index contributed by atoms with van der Waals surface area (Å²) < 4.78 is 1.58. The molecular weight excluding hydrogens is 266 g/mol. The number of nitrogens with zero attached hydrogens (tertiary/aromatic N) is 3. The smallest absolute Gasteiger partial charge is 0.106 e. The molecule has 5 nitrogen and oxygen atoms in total. The second-order valence-corrected chi connectivity index (χ2v) is 5.46. The van der Waals surface area contributed by atoms with Crippen molar-refractivity contribution in [3.8, 4) is 0 Å². The third kappa shape index (κ3) is 6.40. The van der Waals surface area contributed by atoms with Gasteiger partial charge in [-0.25, -0.2) is 4.68 Å². The van der Waals surface area contributed by atoms with E-state index in [9.17, 15) is 10.2 Å². The van der Waals surface area contributed by atoms with Gasteiger partial charge >= 0.3 is 0 Å². The van der Waals surface area contributed by atoms with Crippen LogP contribution in [0, 0.1) is 0 Å². The van der Waals surface area contributed by atoms with E-state index in [2.05, 4.69) is 24.2 Å². The van der Waals surface area contributed by atoms with Gasteiger partial charge in [0.05, 0.1) is 18.4 Å². The van der Waals surface area contributed by atoms with Crippen LogP contribution in [-0.2, 0) is 6.42 Å². The minimum Gasteiger partial charge on any atom is -0.394 e. The van der Waals surface area contributed by atoms with Gasteiger partial charge in [-0.05, 0) is 19.3 Å². The zero-order chi connectivity index (χ0) is 15.5. The highest BCUT2D eigenvalue weighted by atomic mass is 16.3. The molecule has 5 heteroatoms. The molecule has 2 N–H and O–H groups in total. The highest BCUT2D eigenvalue weighted by molar-refractivity contribution is 4.98. The van der Waals surface area contributed by atoms with Crippen LogP contribution >= 0.6 is 0 Å². The van der Waals surface area contributed by atoms with E-state index in [0.717, 1.165) is 31.4 Å². The van der Waals surface area contributed by atoms with Crippen molar-refractivity contribution in [2.24, 2.45) is 0 Å². The van der Waals surface area contributed by atoms with Gasteiger partial charge in [-0.3, -0.25) is 0 Å². The van der Waals surface area contributed by atoms with Crippen molar-refractivity contribution in [1.29, 1.82) is 0 Å². The van der Waals surface area contributed by atoms with E-state index in [1.54, 1.807) is 10.8 Å². The number of aromatic nitrogens is 3. The molecule has 1 aromatic rings. The van der Waals surface area contributed by atoms with E-state index in [-0.39, 0.29) is 6.61 Å². The number of hydrogen-bond donors (Lipinski definition) is 2. The molecule has 0 aliphatic carbocycles. The van der Waals surface area contributed by atoms with Gasteiger partial charge in [0, 0.05) is 6.20 Å². The van der Waals surface area contributed by atoms with Crippen molar-refractivity contribution in [2.75, 3.05) is 6.61 Å². The van der Waals surface area contributed by atoms with Crippen LogP contribution in [0.15, 0.2) is 18.3 Å². The number of allylic oxidation sites excluding steroid dienone is 1. The summed E-state index contributed by atoms with van der Waals surface area (Å²) >= 11 is 0. The highest BCUT2D eigenvalue weighted by Gasteiger charge is 2.19. The lowest BCUT2D eigenvalue weighted by Gasteiger charge is -2.17. The fraction of sp³-hybridized carbons (Fsp3) is 0.750. The Labute approximate surface area is 127 Å². The van der Waals surface area contributed by atoms with Gasteiger partial charge in [-0.15, -0.1) is 5.10 Å². The average molecular weight is 295 g/mol. The maximum absolute atomic E-state index is 10.1. The van der Waals surface area contributed by atoms with Gasteiger partial charge in [-0.2, -0.15) is 0 Å². The second-order valence-electron chi connectivity index (χ2n) is 5.46. The van der Waals surface area contributed by atoms with Crippen molar-refractivity contribution in [2.45, 2.75) is 70.9 Å². The second kappa shape index (κ2) is 10.5. The van der Waals surface area contributed by atoms with E-state index in [0.29, 0.717) is 0 Å². The normalized spacial score (nSPS) is 14.7. The molecule has 1 heterocycles. The number of unbranched alkanes of at least 4 members (excludes halogenated alkanes) is 4. The molecule has 2 atom stereocenters. The van der Waals surface area contributed by atoms with Crippen LogP contribution in [0.25, 0.3) is 0 Å². The average Bonchev–Trinajstić information content (AvgIpc) is 2.93. The van der Waals surface area contributed by atoms with Crippen LogP contribution in [0.2, 0.25) is 0 Å². The van der Waals surface area contributed by atoms with E-state index in [1.165, 1.54) is 19.3 Å². The molecule has 0 amide bonds. The molecule has 0 aromatic carbocycles. The standard InChI is InChI=1S/C16H29N3O2/c1-3-5-7-9-10-14-12-19(18-17-14)15(13-20)16(21)11-8-6-4-2/h8,11-12,15-16,20-21H,3-7,9-10,13H2,1-2H3/b11-8+/t15-,16+/m0/s1. The number of aryl methyl sites for hydroxylation is 1. The Morgan fingerprint density at radius 3 is 2.71 bits per heavy atom. The Morgan fingerprint density at radius 2 is 2.05 bits per heavy atom. The maximum atomic E-state index is 10.1. The van der Waals surface area contributed by atoms with Gasteiger partial charge < -0.3 is 10.2 Å². The van der Waals surface area contributed by atoms with Crippen molar-refractivity contribution in [3.63, 3.8) is 0 Å². The first kappa shape index (κ1) is 17.9. The molecule has 0 aliphatic heterocycles. The summed E-state index contributed by atoms with van der Waals surface area (Å²) in [6, 6.07) is -0.463. The molecule has 0 fully saturated rings. The summed E-state index contributed by atoms with van der Waals surface area (Å²) in [5, 5.41) is 27.8. The number of aliphatic hydroxyl groups excluding tert-OH is 2. The Hall–Kier alpha value is -1.20. The Kier molecular flexibility index (Phi) is 8.94. The predicted octanol–water partition coefficient (Wildman–Crippen LogP) is 2.65. The molecule has 0 spiro atoms. The fourth-order valence-electron chi connectivity index (χ4n) is 2.20. The SMILES string of the molecule is CCC/C=C/[C@@H](O)[C@H](CO)n1cc(CCCCCC)nn1. The third-order valence-corrected chi connectivity index (χ3v) is 3.55. The molecule has 1 aromatic heterocycles. The van der Waals surface area contributed by atoms with E-state index >= 15 is 0 Å². The van der Waals surface area contributed by atoms with E-state index in [1.807, 2.05) is 12.3 Å². The van der Waals surface area contributed by atoms with Crippen molar-refractivity contribution in [1.82, 2.24) is 15.0 Å². The summed E-state index contributed by atoms with van der Waals surface area (Å²) in [5.74, 6) is 0. The van der Waals surface area contributed by atoms with Gasteiger partial charge in [0.1, 0.15) is 6.04 Å². The lowest BCUT2D eigenvalue weighted by molar-refractivity contribution is 0.0974. The zero-order valence-corrected chi connectivity index (χ0v) is 13.3. The fourth-order valence-corrected chi connectivity index (χ4v) is 2.20. The summed E-state index contributed by atoms with van der Waals surface area (Å²) in [4.78, 5) is 0. The molecule has 1 rings (SSSR count). The lowest BCUT2D eigenvalue weighted by Crippen LogP contribution is -2.26.